The molecule has 0 heterocycles. The maximum Gasteiger partial charge on any atom is 0.255 e. The number of nitrogen functional groups attached to an aromatic ring is 1. The molecular weight excluding hydrogens is 390 g/mol. The number of methoxy groups -OCH3 is 1. The van der Waals surface area contributed by atoms with Gasteiger partial charge in [-0.3, -0.25) is 4.79 Å². The van der Waals surface area contributed by atoms with E-state index in [9.17, 15) is 13.2 Å². The van der Waals surface area contributed by atoms with E-state index in [0.717, 1.165) is 0 Å². The number of hydrogen-bond acceptors (Lipinski definition) is 5. The number of carbonyl (C=O) groups excluding carboxylic acids is 1. The molecule has 27 heavy (non-hydrogen) atoms. The van der Waals surface area contributed by atoms with Gasteiger partial charge < -0.3 is 15.8 Å². The molecule has 4 N–H and O–H groups in total. The molecule has 2 rings (SSSR count). The van der Waals surface area contributed by atoms with E-state index in [-0.39, 0.29) is 23.2 Å². The van der Waals surface area contributed by atoms with Crippen molar-refractivity contribution in [1.82, 2.24) is 4.72 Å². The summed E-state index contributed by atoms with van der Waals surface area (Å²) in [7, 11) is -2.14. The van der Waals surface area contributed by atoms with E-state index in [2.05, 4.69) is 10.0 Å². The molecule has 7 nitrogen and oxygen atoms in total. The molecular formula is C18H24ClN3O4S. The summed E-state index contributed by atoms with van der Waals surface area (Å²) >= 11 is 0. The molecule has 0 unspecified atom stereocenters. The molecule has 0 aliphatic rings. The molecule has 0 fully saturated rings. The summed E-state index contributed by atoms with van der Waals surface area (Å²) in [4.78, 5) is 12.4. The van der Waals surface area contributed by atoms with Crippen molar-refractivity contribution >= 4 is 39.7 Å². The number of rotatable bonds is 5. The van der Waals surface area contributed by atoms with Gasteiger partial charge in [-0.2, -0.15) is 0 Å². The first-order valence-electron chi connectivity index (χ1n) is 7.91. The molecule has 0 radical (unpaired) electrons. The highest BCUT2D eigenvalue weighted by atomic mass is 35.5. The van der Waals surface area contributed by atoms with Crippen LogP contribution in [0.4, 0.5) is 11.4 Å². The minimum atomic E-state index is -3.64. The van der Waals surface area contributed by atoms with Crippen molar-refractivity contribution in [3.05, 3.63) is 48.0 Å². The third-order valence-corrected chi connectivity index (χ3v) is 5.13. The molecule has 2 aromatic rings. The van der Waals surface area contributed by atoms with E-state index in [0.29, 0.717) is 22.7 Å². The standard InChI is InChI=1S/C18H23N3O4S.ClH/c1-18(2,3)21-26(23,24)14-8-5-12(6-9-14)17(22)20-13-7-10-16(25-4)15(19)11-13;/h5-11,21H,19H2,1-4H3,(H,20,22);1H. The molecule has 148 valence electrons. The van der Waals surface area contributed by atoms with Crippen LogP contribution >= 0.6 is 12.4 Å². The van der Waals surface area contributed by atoms with E-state index in [1.807, 2.05) is 0 Å². The molecule has 0 aliphatic heterocycles. The van der Waals surface area contributed by atoms with E-state index >= 15 is 0 Å². The van der Waals surface area contributed by atoms with Crippen LogP contribution in [0.15, 0.2) is 47.4 Å². The lowest BCUT2D eigenvalue weighted by molar-refractivity contribution is 0.102. The molecule has 0 saturated heterocycles. The summed E-state index contributed by atoms with van der Waals surface area (Å²) in [5.74, 6) is 0.145. The van der Waals surface area contributed by atoms with Gasteiger partial charge in [0.2, 0.25) is 10.0 Å². The molecule has 0 aromatic heterocycles. The number of ether oxygens (including phenoxy) is 1. The van der Waals surface area contributed by atoms with Crippen LogP contribution in [0, 0.1) is 0 Å². The van der Waals surface area contributed by atoms with Gasteiger partial charge in [-0.25, -0.2) is 13.1 Å². The normalized spacial score (nSPS) is 11.4. The van der Waals surface area contributed by atoms with Crippen LogP contribution < -0.4 is 20.5 Å². The fraction of sp³-hybridized carbons (Fsp3) is 0.278. The minimum Gasteiger partial charge on any atom is -0.495 e. The van der Waals surface area contributed by atoms with Gasteiger partial charge in [-0.15, -0.1) is 12.4 Å². The zero-order valence-corrected chi connectivity index (χ0v) is 17.2. The highest BCUT2D eigenvalue weighted by molar-refractivity contribution is 7.89. The number of benzene rings is 2. The van der Waals surface area contributed by atoms with Crippen molar-refractivity contribution in [1.29, 1.82) is 0 Å². The number of sulfonamides is 1. The van der Waals surface area contributed by atoms with Crippen LogP contribution in [0.25, 0.3) is 0 Å². The number of anilines is 2. The van der Waals surface area contributed by atoms with Crippen LogP contribution in [0.3, 0.4) is 0 Å². The molecule has 0 aliphatic carbocycles. The third-order valence-electron chi connectivity index (χ3n) is 3.35. The summed E-state index contributed by atoms with van der Waals surface area (Å²) < 4.78 is 32.2. The topological polar surface area (TPSA) is 111 Å². The molecule has 0 saturated carbocycles. The van der Waals surface area contributed by atoms with Gasteiger partial charge in [-0.05, 0) is 63.2 Å². The van der Waals surface area contributed by atoms with Crippen LogP contribution in [-0.4, -0.2) is 27.0 Å². The summed E-state index contributed by atoms with van der Waals surface area (Å²) in [5.41, 5.74) is 6.46. The molecule has 1 amide bonds. The van der Waals surface area contributed by atoms with E-state index in [1.165, 1.54) is 31.4 Å². The maximum atomic E-state index is 12.3. The second kappa shape index (κ2) is 8.60. The summed E-state index contributed by atoms with van der Waals surface area (Å²) in [6.45, 7) is 5.27. The summed E-state index contributed by atoms with van der Waals surface area (Å²) in [6, 6.07) is 10.6. The van der Waals surface area contributed by atoms with Crippen molar-refractivity contribution in [2.24, 2.45) is 0 Å². The van der Waals surface area contributed by atoms with Crippen molar-refractivity contribution in [2.75, 3.05) is 18.2 Å². The van der Waals surface area contributed by atoms with E-state index in [4.69, 9.17) is 10.5 Å². The zero-order valence-electron chi connectivity index (χ0n) is 15.6. The predicted octanol–water partition coefficient (Wildman–Crippen LogP) is 3.03. The highest BCUT2D eigenvalue weighted by Crippen LogP contribution is 2.25. The van der Waals surface area contributed by atoms with Gasteiger partial charge in [0.25, 0.3) is 5.91 Å². The Kier molecular flexibility index (Phi) is 7.25. The first-order chi connectivity index (χ1) is 12.0. The lowest BCUT2D eigenvalue weighted by Gasteiger charge is -2.20. The summed E-state index contributed by atoms with van der Waals surface area (Å²) in [6.07, 6.45) is 0. The Morgan fingerprint density at radius 1 is 1.07 bits per heavy atom. The first-order valence-corrected chi connectivity index (χ1v) is 9.39. The Morgan fingerprint density at radius 3 is 2.15 bits per heavy atom. The minimum absolute atomic E-state index is 0. The summed E-state index contributed by atoms with van der Waals surface area (Å²) in [5, 5.41) is 2.71. The second-order valence-electron chi connectivity index (χ2n) is 6.79. The van der Waals surface area contributed by atoms with Gasteiger partial charge in [-0.1, -0.05) is 0 Å². The first kappa shape index (κ1) is 22.8. The molecule has 0 atom stereocenters. The van der Waals surface area contributed by atoms with Crippen LogP contribution in [0.1, 0.15) is 31.1 Å². The second-order valence-corrected chi connectivity index (χ2v) is 8.47. The third kappa shape index (κ3) is 6.13. The number of nitrogens with one attached hydrogen (secondary N) is 2. The van der Waals surface area contributed by atoms with E-state index < -0.39 is 15.6 Å². The average molecular weight is 414 g/mol. The Labute approximate surface area is 165 Å². The Morgan fingerprint density at radius 2 is 1.67 bits per heavy atom. The van der Waals surface area contributed by atoms with Crippen molar-refractivity contribution < 1.29 is 17.9 Å². The largest absolute Gasteiger partial charge is 0.495 e. The van der Waals surface area contributed by atoms with E-state index in [1.54, 1.807) is 39.0 Å². The fourth-order valence-electron chi connectivity index (χ4n) is 2.26. The van der Waals surface area contributed by atoms with Crippen LogP contribution in [-0.2, 0) is 10.0 Å². The predicted molar refractivity (Wildman–Crippen MR) is 109 cm³/mol. The fourth-order valence-corrected chi connectivity index (χ4v) is 3.68. The molecule has 9 heteroatoms. The van der Waals surface area contributed by atoms with Crippen LogP contribution in [0.5, 0.6) is 5.75 Å². The number of carbonyl (C=O) groups is 1. The van der Waals surface area contributed by atoms with Crippen molar-refractivity contribution in [2.45, 2.75) is 31.2 Å². The number of hydrogen-bond donors (Lipinski definition) is 3. The van der Waals surface area contributed by atoms with Crippen molar-refractivity contribution in [3.63, 3.8) is 0 Å². The monoisotopic (exact) mass is 413 g/mol. The maximum absolute atomic E-state index is 12.3. The smallest absolute Gasteiger partial charge is 0.255 e. The lowest BCUT2D eigenvalue weighted by Crippen LogP contribution is -2.40. The van der Waals surface area contributed by atoms with Gasteiger partial charge in [0, 0.05) is 16.8 Å². The number of amides is 1. The Bertz CT molecular complexity index is 907. The van der Waals surface area contributed by atoms with Crippen LogP contribution in [0.2, 0.25) is 0 Å². The zero-order chi connectivity index (χ0) is 19.5. The molecule has 2 aromatic carbocycles. The SMILES string of the molecule is COc1ccc(NC(=O)c2ccc(S(=O)(=O)NC(C)(C)C)cc2)cc1N.Cl. The molecule has 0 spiro atoms. The molecule has 0 bridgehead atoms. The van der Waals surface area contributed by atoms with Gasteiger partial charge in [0.15, 0.2) is 0 Å². The highest BCUT2D eigenvalue weighted by Gasteiger charge is 2.22. The van der Waals surface area contributed by atoms with Gasteiger partial charge in [0.1, 0.15) is 5.75 Å². The quantitative estimate of drug-likeness (QED) is 0.652. The van der Waals surface area contributed by atoms with Gasteiger partial charge >= 0.3 is 0 Å². The van der Waals surface area contributed by atoms with Crippen molar-refractivity contribution in [3.8, 4) is 5.75 Å². The lowest BCUT2D eigenvalue weighted by atomic mass is 10.1. The average Bonchev–Trinajstić information content (AvgIpc) is 2.53. The number of halogens is 1. The Balaban J connectivity index is 0.00000364. The Hall–Kier alpha value is -2.29. The number of nitrogens with two attached hydrogens (primary N) is 1. The van der Waals surface area contributed by atoms with Gasteiger partial charge in [0.05, 0.1) is 17.7 Å².